The van der Waals surface area contributed by atoms with Crippen molar-refractivity contribution in [1.82, 2.24) is 9.97 Å². The molecule has 0 aliphatic carbocycles. The standard InChI is InChI=1S/C20H22N4/c1-3-24(18-7-5-4-6-8-18)20-13-19(22-15-23-20)21-14-17-11-9-16(2)10-12-17/h4-13,15H,3,14H2,1-2H3,(H,21,22,23). The lowest BCUT2D eigenvalue weighted by Crippen LogP contribution is -2.17. The molecule has 1 heterocycles. The van der Waals surface area contributed by atoms with Crippen molar-refractivity contribution in [3.05, 3.63) is 78.1 Å². The number of nitrogens with zero attached hydrogens (tertiary/aromatic N) is 3. The van der Waals surface area contributed by atoms with Gasteiger partial charge in [0.15, 0.2) is 0 Å². The highest BCUT2D eigenvalue weighted by Crippen LogP contribution is 2.24. The van der Waals surface area contributed by atoms with Crippen LogP contribution in [0.4, 0.5) is 17.3 Å². The van der Waals surface area contributed by atoms with E-state index < -0.39 is 0 Å². The van der Waals surface area contributed by atoms with Gasteiger partial charge in [-0.05, 0) is 31.5 Å². The zero-order valence-electron chi connectivity index (χ0n) is 14.1. The van der Waals surface area contributed by atoms with Gasteiger partial charge in [-0.3, -0.25) is 0 Å². The van der Waals surface area contributed by atoms with Gasteiger partial charge in [0, 0.05) is 24.8 Å². The largest absolute Gasteiger partial charge is 0.366 e. The summed E-state index contributed by atoms with van der Waals surface area (Å²) in [5.74, 6) is 1.72. The van der Waals surface area contributed by atoms with E-state index >= 15 is 0 Å². The number of aryl methyl sites for hydroxylation is 1. The highest BCUT2D eigenvalue weighted by molar-refractivity contribution is 5.62. The van der Waals surface area contributed by atoms with Gasteiger partial charge in [-0.25, -0.2) is 9.97 Å². The number of nitrogens with one attached hydrogen (secondary N) is 1. The van der Waals surface area contributed by atoms with Crippen molar-refractivity contribution in [2.45, 2.75) is 20.4 Å². The number of hydrogen-bond acceptors (Lipinski definition) is 4. The van der Waals surface area contributed by atoms with Crippen molar-refractivity contribution < 1.29 is 0 Å². The average Bonchev–Trinajstić information content (AvgIpc) is 2.63. The fourth-order valence-electron chi connectivity index (χ4n) is 2.57. The summed E-state index contributed by atoms with van der Waals surface area (Å²) in [7, 11) is 0. The third-order valence-corrected chi connectivity index (χ3v) is 3.91. The molecule has 3 rings (SSSR count). The molecule has 0 saturated carbocycles. The minimum absolute atomic E-state index is 0.744. The smallest absolute Gasteiger partial charge is 0.138 e. The maximum absolute atomic E-state index is 4.43. The molecule has 0 spiro atoms. The van der Waals surface area contributed by atoms with E-state index in [0.717, 1.165) is 30.4 Å². The number of para-hydroxylation sites is 1. The zero-order chi connectivity index (χ0) is 16.8. The van der Waals surface area contributed by atoms with Crippen molar-refractivity contribution >= 4 is 17.3 Å². The van der Waals surface area contributed by atoms with Gasteiger partial charge < -0.3 is 10.2 Å². The molecule has 0 bridgehead atoms. The predicted octanol–water partition coefficient (Wildman–Crippen LogP) is 4.56. The van der Waals surface area contributed by atoms with Gasteiger partial charge in [0.05, 0.1) is 0 Å². The molecule has 0 saturated heterocycles. The second kappa shape index (κ2) is 7.59. The number of aromatic nitrogens is 2. The lowest BCUT2D eigenvalue weighted by Gasteiger charge is -2.22. The molecule has 0 aliphatic rings. The van der Waals surface area contributed by atoms with Crippen LogP contribution in [-0.2, 0) is 6.54 Å². The normalized spacial score (nSPS) is 10.4. The van der Waals surface area contributed by atoms with E-state index in [9.17, 15) is 0 Å². The molecule has 0 atom stereocenters. The second-order valence-corrected chi connectivity index (χ2v) is 5.68. The third kappa shape index (κ3) is 3.90. The van der Waals surface area contributed by atoms with Gasteiger partial charge in [-0.2, -0.15) is 0 Å². The summed E-state index contributed by atoms with van der Waals surface area (Å²) in [5, 5.41) is 3.37. The van der Waals surface area contributed by atoms with Crippen LogP contribution in [0.5, 0.6) is 0 Å². The van der Waals surface area contributed by atoms with Crippen molar-refractivity contribution in [3.63, 3.8) is 0 Å². The Morgan fingerprint density at radius 3 is 2.42 bits per heavy atom. The van der Waals surface area contributed by atoms with E-state index in [4.69, 9.17) is 0 Å². The first kappa shape index (κ1) is 16.0. The van der Waals surface area contributed by atoms with Crippen LogP contribution in [0.2, 0.25) is 0 Å². The Labute approximate surface area is 143 Å². The monoisotopic (exact) mass is 318 g/mol. The van der Waals surface area contributed by atoms with Crippen LogP contribution >= 0.6 is 0 Å². The minimum atomic E-state index is 0.744. The Hall–Kier alpha value is -2.88. The first-order chi connectivity index (χ1) is 11.8. The molecule has 24 heavy (non-hydrogen) atoms. The van der Waals surface area contributed by atoms with E-state index in [1.165, 1.54) is 11.1 Å². The molecular formula is C20H22N4. The molecule has 2 aromatic carbocycles. The van der Waals surface area contributed by atoms with E-state index in [1.54, 1.807) is 6.33 Å². The van der Waals surface area contributed by atoms with E-state index in [2.05, 4.69) is 70.4 Å². The Bertz CT molecular complexity index is 769. The molecule has 0 amide bonds. The van der Waals surface area contributed by atoms with Gasteiger partial charge >= 0.3 is 0 Å². The summed E-state index contributed by atoms with van der Waals surface area (Å²) in [6.45, 7) is 5.80. The first-order valence-corrected chi connectivity index (χ1v) is 8.20. The SMILES string of the molecule is CCN(c1ccccc1)c1cc(NCc2ccc(C)cc2)ncn1. The first-order valence-electron chi connectivity index (χ1n) is 8.20. The van der Waals surface area contributed by atoms with Crippen LogP contribution in [0.15, 0.2) is 67.0 Å². The Balaban J connectivity index is 1.74. The average molecular weight is 318 g/mol. The van der Waals surface area contributed by atoms with Crippen molar-refractivity contribution in [2.24, 2.45) is 0 Å². The van der Waals surface area contributed by atoms with Crippen molar-refractivity contribution in [1.29, 1.82) is 0 Å². The molecule has 4 heteroatoms. The number of benzene rings is 2. The maximum atomic E-state index is 4.43. The topological polar surface area (TPSA) is 41.0 Å². The fourth-order valence-corrected chi connectivity index (χ4v) is 2.57. The molecule has 1 aromatic heterocycles. The third-order valence-electron chi connectivity index (χ3n) is 3.91. The Morgan fingerprint density at radius 1 is 0.958 bits per heavy atom. The van der Waals surface area contributed by atoms with Crippen molar-refractivity contribution in [3.8, 4) is 0 Å². The van der Waals surface area contributed by atoms with Gasteiger partial charge in [0.1, 0.15) is 18.0 Å². The lowest BCUT2D eigenvalue weighted by atomic mass is 10.1. The second-order valence-electron chi connectivity index (χ2n) is 5.68. The van der Waals surface area contributed by atoms with Gasteiger partial charge in [-0.15, -0.1) is 0 Å². The molecule has 4 nitrogen and oxygen atoms in total. The molecule has 0 fully saturated rings. The molecular weight excluding hydrogens is 296 g/mol. The lowest BCUT2D eigenvalue weighted by molar-refractivity contribution is 0.972. The van der Waals surface area contributed by atoms with Crippen LogP contribution < -0.4 is 10.2 Å². The minimum Gasteiger partial charge on any atom is -0.366 e. The van der Waals surface area contributed by atoms with E-state index in [-0.39, 0.29) is 0 Å². The van der Waals surface area contributed by atoms with Crippen LogP contribution in [0.25, 0.3) is 0 Å². The highest BCUT2D eigenvalue weighted by Gasteiger charge is 2.09. The van der Waals surface area contributed by atoms with E-state index in [1.807, 2.05) is 24.3 Å². The molecule has 0 radical (unpaired) electrons. The summed E-state index contributed by atoms with van der Waals surface area (Å²) in [6.07, 6.45) is 1.61. The summed E-state index contributed by atoms with van der Waals surface area (Å²) < 4.78 is 0. The summed E-state index contributed by atoms with van der Waals surface area (Å²) in [5.41, 5.74) is 3.63. The predicted molar refractivity (Wildman–Crippen MR) is 99.7 cm³/mol. The Morgan fingerprint density at radius 2 is 1.71 bits per heavy atom. The molecule has 3 aromatic rings. The van der Waals surface area contributed by atoms with Crippen LogP contribution in [0.3, 0.4) is 0 Å². The summed E-state index contributed by atoms with van der Waals surface area (Å²) in [6, 6.07) is 20.8. The van der Waals surface area contributed by atoms with E-state index in [0.29, 0.717) is 0 Å². The molecule has 1 N–H and O–H groups in total. The number of anilines is 3. The van der Waals surface area contributed by atoms with Crippen LogP contribution in [-0.4, -0.2) is 16.5 Å². The van der Waals surface area contributed by atoms with Crippen LogP contribution in [0.1, 0.15) is 18.1 Å². The fraction of sp³-hybridized carbons (Fsp3) is 0.200. The summed E-state index contributed by atoms with van der Waals surface area (Å²) in [4.78, 5) is 10.9. The Kier molecular flexibility index (Phi) is 5.06. The quantitative estimate of drug-likeness (QED) is 0.723. The van der Waals surface area contributed by atoms with Crippen molar-refractivity contribution in [2.75, 3.05) is 16.8 Å². The molecule has 122 valence electrons. The van der Waals surface area contributed by atoms with Gasteiger partial charge in [0.2, 0.25) is 0 Å². The van der Waals surface area contributed by atoms with Gasteiger partial charge in [0.25, 0.3) is 0 Å². The zero-order valence-corrected chi connectivity index (χ0v) is 14.1. The maximum Gasteiger partial charge on any atom is 0.138 e. The highest BCUT2D eigenvalue weighted by atomic mass is 15.2. The number of rotatable bonds is 6. The van der Waals surface area contributed by atoms with Crippen LogP contribution in [0, 0.1) is 6.92 Å². The van der Waals surface area contributed by atoms with Gasteiger partial charge in [-0.1, -0.05) is 48.0 Å². The summed E-state index contributed by atoms with van der Waals surface area (Å²) >= 11 is 0. The molecule has 0 aliphatic heterocycles. The molecule has 0 unspecified atom stereocenters. The number of hydrogen-bond donors (Lipinski definition) is 1.